The third-order valence-electron chi connectivity index (χ3n) is 6.01. The van der Waals surface area contributed by atoms with Crippen LogP contribution in [0.15, 0.2) is 48.5 Å². The number of amides is 3. The highest BCUT2D eigenvalue weighted by molar-refractivity contribution is 5.94. The number of ether oxygens (including phenoxy) is 1. The molecule has 2 fully saturated rings. The maximum Gasteiger partial charge on any atom is 0.318 e. The number of rotatable bonds is 5. The minimum Gasteiger partial charge on any atom is -0.497 e. The van der Waals surface area contributed by atoms with Gasteiger partial charge in [-0.2, -0.15) is 0 Å². The largest absolute Gasteiger partial charge is 0.497 e. The van der Waals surface area contributed by atoms with Gasteiger partial charge in [0.05, 0.1) is 7.11 Å². The maximum atomic E-state index is 13.1. The summed E-state index contributed by atoms with van der Waals surface area (Å²) in [5.74, 6) is 0.225. The molecule has 2 bridgehead atoms. The van der Waals surface area contributed by atoms with Crippen molar-refractivity contribution in [3.63, 3.8) is 0 Å². The van der Waals surface area contributed by atoms with Crippen LogP contribution in [0.3, 0.4) is 0 Å². The summed E-state index contributed by atoms with van der Waals surface area (Å²) in [7, 11) is 1.62. The average Bonchev–Trinajstić information content (AvgIpc) is 3.03. The molecule has 3 atom stereocenters. The summed E-state index contributed by atoms with van der Waals surface area (Å²) >= 11 is 0. The lowest BCUT2D eigenvalue weighted by atomic mass is 9.97. The molecule has 0 saturated carbocycles. The summed E-state index contributed by atoms with van der Waals surface area (Å²) in [5, 5.41) is 6.07. The topological polar surface area (TPSA) is 70.7 Å². The molecular weight excluding hydrogens is 385 g/mol. The van der Waals surface area contributed by atoms with Gasteiger partial charge in [0.15, 0.2) is 0 Å². The zero-order chi connectivity index (χ0) is 21.1. The van der Waals surface area contributed by atoms with Crippen LogP contribution in [0.1, 0.15) is 41.6 Å². The normalized spacial score (nSPS) is 22.5. The van der Waals surface area contributed by atoms with Crippen molar-refractivity contribution in [3.8, 4) is 5.75 Å². The minimum absolute atomic E-state index is 0.0192. The van der Waals surface area contributed by atoms with Gasteiger partial charge in [-0.05, 0) is 67.6 Å². The van der Waals surface area contributed by atoms with E-state index in [9.17, 15) is 14.0 Å². The quantitative estimate of drug-likeness (QED) is 0.792. The molecule has 0 aromatic heterocycles. The van der Waals surface area contributed by atoms with Gasteiger partial charge in [-0.3, -0.25) is 4.79 Å². The Kier molecular flexibility index (Phi) is 5.88. The molecule has 2 N–H and O–H groups in total. The number of nitrogens with zero attached hydrogens (tertiary/aromatic N) is 1. The van der Waals surface area contributed by atoms with Crippen molar-refractivity contribution in [1.29, 1.82) is 0 Å². The van der Waals surface area contributed by atoms with Gasteiger partial charge in [-0.25, -0.2) is 9.18 Å². The first-order chi connectivity index (χ1) is 14.5. The second-order valence-electron chi connectivity index (χ2n) is 7.95. The Bertz CT molecular complexity index is 887. The number of halogens is 1. The molecule has 30 heavy (non-hydrogen) atoms. The van der Waals surface area contributed by atoms with E-state index in [0.29, 0.717) is 12.1 Å². The second kappa shape index (κ2) is 8.73. The molecule has 2 aliphatic rings. The van der Waals surface area contributed by atoms with Crippen LogP contribution in [0.5, 0.6) is 5.75 Å². The number of carbonyl (C=O) groups excluding carboxylic acids is 2. The van der Waals surface area contributed by atoms with Crippen molar-refractivity contribution in [2.75, 3.05) is 7.11 Å². The van der Waals surface area contributed by atoms with E-state index in [1.54, 1.807) is 7.11 Å². The number of methoxy groups -OCH3 is 1. The van der Waals surface area contributed by atoms with Crippen LogP contribution in [0.4, 0.5) is 9.18 Å². The van der Waals surface area contributed by atoms with Crippen LogP contribution in [-0.2, 0) is 6.54 Å². The lowest BCUT2D eigenvalue weighted by Crippen LogP contribution is -2.54. The highest BCUT2D eigenvalue weighted by Crippen LogP contribution is 2.36. The van der Waals surface area contributed by atoms with Crippen LogP contribution in [0, 0.1) is 5.82 Å². The molecule has 1 unspecified atom stereocenters. The summed E-state index contributed by atoms with van der Waals surface area (Å²) in [6.07, 6.45) is 3.37. The van der Waals surface area contributed by atoms with Gasteiger partial charge >= 0.3 is 6.03 Å². The van der Waals surface area contributed by atoms with Crippen molar-refractivity contribution in [2.45, 2.75) is 50.4 Å². The Morgan fingerprint density at radius 1 is 1.03 bits per heavy atom. The summed E-state index contributed by atoms with van der Waals surface area (Å²) in [6, 6.07) is 13.4. The number of hydrogen-bond donors (Lipinski definition) is 2. The zero-order valence-corrected chi connectivity index (χ0v) is 16.9. The van der Waals surface area contributed by atoms with Crippen molar-refractivity contribution >= 4 is 11.9 Å². The summed E-state index contributed by atoms with van der Waals surface area (Å²) in [4.78, 5) is 27.2. The fraction of sp³-hybridized carbons (Fsp3) is 0.391. The Morgan fingerprint density at radius 2 is 1.67 bits per heavy atom. The van der Waals surface area contributed by atoms with Crippen LogP contribution in [0.25, 0.3) is 0 Å². The predicted octanol–water partition coefficient (Wildman–Crippen LogP) is 3.47. The zero-order valence-electron chi connectivity index (χ0n) is 16.9. The highest BCUT2D eigenvalue weighted by atomic mass is 19.1. The van der Waals surface area contributed by atoms with Gasteiger partial charge in [-0.1, -0.05) is 12.1 Å². The summed E-state index contributed by atoms with van der Waals surface area (Å²) in [5.41, 5.74) is 1.46. The molecule has 0 aliphatic carbocycles. The molecule has 0 spiro atoms. The van der Waals surface area contributed by atoms with Crippen LogP contribution < -0.4 is 15.4 Å². The molecule has 2 aliphatic heterocycles. The van der Waals surface area contributed by atoms with E-state index in [2.05, 4.69) is 10.6 Å². The van der Waals surface area contributed by atoms with E-state index in [-0.39, 0.29) is 35.9 Å². The minimum atomic E-state index is -0.362. The van der Waals surface area contributed by atoms with E-state index < -0.39 is 0 Å². The first-order valence-electron chi connectivity index (χ1n) is 10.3. The van der Waals surface area contributed by atoms with Gasteiger partial charge in [0.1, 0.15) is 11.6 Å². The van der Waals surface area contributed by atoms with Gasteiger partial charge in [0.25, 0.3) is 5.91 Å². The standard InChI is InChI=1S/C23H26FN3O3/c1-30-21-10-2-15(3-11-21)14-25-23(29)27-19-8-9-20(27)13-18(12-19)26-22(28)16-4-6-17(24)7-5-16/h2-7,10-11,18-20H,8-9,12-14H2,1H3,(H,25,29)(H,26,28)/t18?,19-,20+. The summed E-state index contributed by atoms with van der Waals surface area (Å²) < 4.78 is 18.2. The molecule has 2 aromatic carbocycles. The number of piperidine rings is 1. The average molecular weight is 411 g/mol. The Hall–Kier alpha value is -3.09. The van der Waals surface area contributed by atoms with Crippen molar-refractivity contribution in [2.24, 2.45) is 0 Å². The van der Waals surface area contributed by atoms with Crippen LogP contribution >= 0.6 is 0 Å². The highest BCUT2D eigenvalue weighted by Gasteiger charge is 2.43. The first-order valence-corrected chi connectivity index (χ1v) is 10.3. The van der Waals surface area contributed by atoms with E-state index in [4.69, 9.17) is 4.74 Å². The third kappa shape index (κ3) is 4.40. The van der Waals surface area contributed by atoms with Gasteiger partial charge < -0.3 is 20.3 Å². The lowest BCUT2D eigenvalue weighted by Gasteiger charge is -2.39. The predicted molar refractivity (Wildman–Crippen MR) is 111 cm³/mol. The number of hydrogen-bond acceptors (Lipinski definition) is 3. The van der Waals surface area contributed by atoms with Crippen molar-refractivity contribution < 1.29 is 18.7 Å². The molecule has 7 heteroatoms. The molecule has 3 amide bonds. The Balaban J connectivity index is 1.31. The maximum absolute atomic E-state index is 13.1. The van der Waals surface area contributed by atoms with Crippen molar-refractivity contribution in [3.05, 3.63) is 65.5 Å². The summed E-state index contributed by atoms with van der Waals surface area (Å²) in [6.45, 7) is 0.462. The Labute approximate surface area is 175 Å². The molecule has 0 radical (unpaired) electrons. The molecule has 4 rings (SSSR count). The molecule has 2 aromatic rings. The first kappa shape index (κ1) is 20.2. The van der Waals surface area contributed by atoms with Gasteiger partial charge in [0, 0.05) is 30.2 Å². The molecule has 158 valence electrons. The van der Waals surface area contributed by atoms with Crippen LogP contribution in [0.2, 0.25) is 0 Å². The number of carbonyl (C=O) groups is 2. The molecular formula is C23H26FN3O3. The van der Waals surface area contributed by atoms with Gasteiger partial charge in [0.2, 0.25) is 0 Å². The lowest BCUT2D eigenvalue weighted by molar-refractivity contribution is 0.0884. The smallest absolute Gasteiger partial charge is 0.318 e. The van der Waals surface area contributed by atoms with Crippen LogP contribution in [-0.4, -0.2) is 42.1 Å². The van der Waals surface area contributed by atoms with E-state index in [1.807, 2.05) is 29.2 Å². The monoisotopic (exact) mass is 411 g/mol. The number of urea groups is 1. The van der Waals surface area contributed by atoms with E-state index in [1.165, 1.54) is 24.3 Å². The number of fused-ring (bicyclic) bond motifs is 2. The van der Waals surface area contributed by atoms with Crippen molar-refractivity contribution in [1.82, 2.24) is 15.5 Å². The SMILES string of the molecule is COc1ccc(CNC(=O)N2[C@@H]3CC[C@H]2CC(NC(=O)c2ccc(F)cc2)C3)cc1. The third-order valence-corrected chi connectivity index (χ3v) is 6.01. The Morgan fingerprint density at radius 3 is 2.27 bits per heavy atom. The number of benzene rings is 2. The second-order valence-corrected chi connectivity index (χ2v) is 7.95. The number of nitrogens with one attached hydrogen (secondary N) is 2. The fourth-order valence-corrected chi connectivity index (χ4v) is 4.51. The molecule has 6 nitrogen and oxygen atoms in total. The molecule has 2 heterocycles. The molecule has 2 saturated heterocycles. The van der Waals surface area contributed by atoms with E-state index >= 15 is 0 Å². The van der Waals surface area contributed by atoms with Gasteiger partial charge in [-0.15, -0.1) is 0 Å². The fourth-order valence-electron chi connectivity index (χ4n) is 4.51. The van der Waals surface area contributed by atoms with E-state index in [0.717, 1.165) is 37.0 Å².